The number of ether oxygens (including phenoxy) is 3. The van der Waals surface area contributed by atoms with Gasteiger partial charge in [0.05, 0.1) is 35.7 Å². The van der Waals surface area contributed by atoms with Gasteiger partial charge in [0.2, 0.25) is 0 Å². The molecule has 3 rings (SSSR count). The van der Waals surface area contributed by atoms with E-state index < -0.39 is 11.9 Å². The van der Waals surface area contributed by atoms with Gasteiger partial charge in [-0.1, -0.05) is 12.1 Å². The lowest BCUT2D eigenvalue weighted by Crippen LogP contribution is -2.21. The van der Waals surface area contributed by atoms with Crippen LogP contribution in [0.2, 0.25) is 0 Å². The molecule has 1 saturated heterocycles. The summed E-state index contributed by atoms with van der Waals surface area (Å²) < 4.78 is 15.9. The minimum atomic E-state index is -0.614. The SMILES string of the molecule is COC(=O)c1c(C)nc(C)c(C(=O)OCC2CCCO2)c1-c1cccc(O)c1.Cl. The molecule has 1 fully saturated rings. The number of phenols is 1. The van der Waals surface area contributed by atoms with Gasteiger partial charge in [-0.2, -0.15) is 0 Å². The molecule has 0 aliphatic carbocycles. The second kappa shape index (κ2) is 9.71. The van der Waals surface area contributed by atoms with Gasteiger partial charge in [-0.25, -0.2) is 9.59 Å². The van der Waals surface area contributed by atoms with Crippen molar-refractivity contribution in [2.24, 2.45) is 0 Å². The molecule has 1 N–H and O–H groups in total. The summed E-state index contributed by atoms with van der Waals surface area (Å²) in [7, 11) is 1.27. The smallest absolute Gasteiger partial charge is 0.340 e. The fraction of sp³-hybridized carbons (Fsp3) is 0.381. The number of pyridine rings is 1. The highest BCUT2D eigenvalue weighted by molar-refractivity contribution is 6.07. The predicted molar refractivity (Wildman–Crippen MR) is 109 cm³/mol. The number of halogens is 1. The molecule has 1 aliphatic rings. The standard InChI is InChI=1S/C21H23NO6.ClH/c1-12-17(20(24)26-3)19(14-6-4-7-15(23)10-14)18(13(2)22-12)21(25)28-11-16-8-5-9-27-16;/h4,6-7,10,16,23H,5,8-9,11H2,1-3H3;1H. The Kier molecular flexibility index (Phi) is 7.59. The van der Waals surface area contributed by atoms with Crippen molar-refractivity contribution in [1.29, 1.82) is 0 Å². The maximum atomic E-state index is 12.9. The van der Waals surface area contributed by atoms with Gasteiger partial charge in [0.25, 0.3) is 0 Å². The van der Waals surface area contributed by atoms with Gasteiger partial charge in [0.1, 0.15) is 12.4 Å². The van der Waals surface area contributed by atoms with Crippen molar-refractivity contribution in [1.82, 2.24) is 4.98 Å². The molecule has 1 aliphatic heterocycles. The van der Waals surface area contributed by atoms with Gasteiger partial charge in [0.15, 0.2) is 0 Å². The summed E-state index contributed by atoms with van der Waals surface area (Å²) in [6, 6.07) is 6.34. The molecule has 1 aromatic heterocycles. The van der Waals surface area contributed by atoms with Gasteiger partial charge >= 0.3 is 11.9 Å². The minimum Gasteiger partial charge on any atom is -0.508 e. The molecule has 0 radical (unpaired) electrons. The highest BCUT2D eigenvalue weighted by Gasteiger charge is 2.28. The van der Waals surface area contributed by atoms with E-state index in [-0.39, 0.29) is 42.0 Å². The number of aromatic hydroxyl groups is 1. The zero-order valence-electron chi connectivity index (χ0n) is 16.6. The van der Waals surface area contributed by atoms with Crippen LogP contribution in [0.1, 0.15) is 44.9 Å². The third-order valence-corrected chi connectivity index (χ3v) is 4.71. The summed E-state index contributed by atoms with van der Waals surface area (Å²) in [5, 5.41) is 9.91. The number of carbonyl (C=O) groups excluding carboxylic acids is 2. The van der Waals surface area contributed by atoms with Crippen LogP contribution in [0.5, 0.6) is 5.75 Å². The molecule has 1 aromatic carbocycles. The van der Waals surface area contributed by atoms with Crippen LogP contribution in [-0.2, 0) is 14.2 Å². The third-order valence-electron chi connectivity index (χ3n) is 4.71. The normalized spacial score (nSPS) is 15.5. The van der Waals surface area contributed by atoms with E-state index in [1.807, 2.05) is 0 Å². The second-order valence-corrected chi connectivity index (χ2v) is 6.68. The number of phenolic OH excluding ortho intramolecular Hbond substituents is 1. The van der Waals surface area contributed by atoms with E-state index in [9.17, 15) is 14.7 Å². The highest BCUT2D eigenvalue weighted by Crippen LogP contribution is 2.34. The molecule has 2 aromatic rings. The number of nitrogens with zero attached hydrogens (tertiary/aromatic N) is 1. The van der Waals surface area contributed by atoms with Gasteiger partial charge in [0, 0.05) is 12.2 Å². The summed E-state index contributed by atoms with van der Waals surface area (Å²) in [6.45, 7) is 4.16. The van der Waals surface area contributed by atoms with Crippen molar-refractivity contribution in [3.63, 3.8) is 0 Å². The van der Waals surface area contributed by atoms with Gasteiger partial charge in [-0.3, -0.25) is 4.98 Å². The molecule has 0 saturated carbocycles. The number of aryl methyl sites for hydroxylation is 2. The van der Waals surface area contributed by atoms with E-state index in [1.165, 1.54) is 19.2 Å². The Morgan fingerprint density at radius 1 is 1.21 bits per heavy atom. The fourth-order valence-electron chi connectivity index (χ4n) is 3.42. The van der Waals surface area contributed by atoms with Crippen molar-refractivity contribution < 1.29 is 28.9 Å². The molecule has 7 nitrogen and oxygen atoms in total. The van der Waals surface area contributed by atoms with E-state index in [4.69, 9.17) is 14.2 Å². The molecular formula is C21H24ClNO6. The first-order valence-corrected chi connectivity index (χ1v) is 9.10. The average molecular weight is 422 g/mol. The third kappa shape index (κ3) is 4.86. The quantitative estimate of drug-likeness (QED) is 0.736. The van der Waals surface area contributed by atoms with Crippen molar-refractivity contribution >= 4 is 24.3 Å². The first-order chi connectivity index (χ1) is 13.4. The van der Waals surface area contributed by atoms with Crippen LogP contribution >= 0.6 is 12.4 Å². The first kappa shape index (κ1) is 22.6. The molecule has 1 atom stereocenters. The van der Waals surface area contributed by atoms with E-state index in [1.54, 1.807) is 26.0 Å². The summed E-state index contributed by atoms with van der Waals surface area (Å²) >= 11 is 0. The molecule has 0 spiro atoms. The summed E-state index contributed by atoms with van der Waals surface area (Å²) in [6.07, 6.45) is 1.66. The number of carbonyl (C=O) groups is 2. The van der Waals surface area contributed by atoms with E-state index in [0.717, 1.165) is 12.8 Å². The number of hydrogen-bond acceptors (Lipinski definition) is 7. The summed E-state index contributed by atoms with van der Waals surface area (Å²) in [5.74, 6) is -1.19. The number of benzene rings is 1. The summed E-state index contributed by atoms with van der Waals surface area (Å²) in [5.41, 5.74) is 2.04. The van der Waals surface area contributed by atoms with Crippen molar-refractivity contribution in [3.8, 4) is 16.9 Å². The first-order valence-electron chi connectivity index (χ1n) is 9.10. The predicted octanol–water partition coefficient (Wildman–Crippen LogP) is 3.62. The van der Waals surface area contributed by atoms with E-state index in [0.29, 0.717) is 29.1 Å². The maximum absolute atomic E-state index is 12.9. The van der Waals surface area contributed by atoms with Crippen LogP contribution in [0.4, 0.5) is 0 Å². The van der Waals surface area contributed by atoms with Gasteiger partial charge < -0.3 is 19.3 Å². The number of hydrogen-bond donors (Lipinski definition) is 1. The zero-order chi connectivity index (χ0) is 20.3. The minimum absolute atomic E-state index is 0. The lowest BCUT2D eigenvalue weighted by atomic mass is 9.92. The van der Waals surface area contributed by atoms with Crippen LogP contribution in [0, 0.1) is 13.8 Å². The number of methoxy groups -OCH3 is 1. The molecule has 1 unspecified atom stereocenters. The van der Waals surface area contributed by atoms with E-state index >= 15 is 0 Å². The lowest BCUT2D eigenvalue weighted by Gasteiger charge is -2.18. The molecule has 0 bridgehead atoms. The molecular weight excluding hydrogens is 398 g/mol. The molecule has 156 valence electrons. The van der Waals surface area contributed by atoms with Gasteiger partial charge in [-0.05, 0) is 44.4 Å². The van der Waals surface area contributed by atoms with Crippen LogP contribution in [-0.4, -0.2) is 48.5 Å². The largest absolute Gasteiger partial charge is 0.508 e. The highest BCUT2D eigenvalue weighted by atomic mass is 35.5. The van der Waals surface area contributed by atoms with Gasteiger partial charge in [-0.15, -0.1) is 12.4 Å². The molecule has 29 heavy (non-hydrogen) atoms. The van der Waals surface area contributed by atoms with Crippen molar-refractivity contribution in [3.05, 3.63) is 46.8 Å². The average Bonchev–Trinajstić information content (AvgIpc) is 3.18. The molecule has 8 heteroatoms. The summed E-state index contributed by atoms with van der Waals surface area (Å²) in [4.78, 5) is 29.8. The Balaban J connectivity index is 0.00000300. The Morgan fingerprint density at radius 2 is 1.90 bits per heavy atom. The zero-order valence-corrected chi connectivity index (χ0v) is 17.4. The van der Waals surface area contributed by atoms with Crippen molar-refractivity contribution in [2.45, 2.75) is 32.8 Å². The second-order valence-electron chi connectivity index (χ2n) is 6.68. The molecule has 2 heterocycles. The topological polar surface area (TPSA) is 95.0 Å². The monoisotopic (exact) mass is 421 g/mol. The van der Waals surface area contributed by atoms with Crippen LogP contribution < -0.4 is 0 Å². The Bertz CT molecular complexity index is 908. The molecule has 0 amide bonds. The maximum Gasteiger partial charge on any atom is 0.340 e. The number of esters is 2. The van der Waals surface area contributed by atoms with Crippen LogP contribution in [0.25, 0.3) is 11.1 Å². The number of rotatable bonds is 5. The van der Waals surface area contributed by atoms with Crippen LogP contribution in [0.3, 0.4) is 0 Å². The Morgan fingerprint density at radius 3 is 2.48 bits per heavy atom. The fourth-order valence-corrected chi connectivity index (χ4v) is 3.42. The number of aromatic nitrogens is 1. The van der Waals surface area contributed by atoms with E-state index in [2.05, 4.69) is 4.98 Å². The van der Waals surface area contributed by atoms with Crippen molar-refractivity contribution in [2.75, 3.05) is 20.3 Å². The van der Waals surface area contributed by atoms with Crippen LogP contribution in [0.15, 0.2) is 24.3 Å². The Labute approximate surface area is 175 Å². The lowest BCUT2D eigenvalue weighted by molar-refractivity contribution is 0.0161. The Hall–Kier alpha value is -2.64.